The van der Waals surface area contributed by atoms with E-state index in [9.17, 15) is 4.79 Å². The lowest BCUT2D eigenvalue weighted by molar-refractivity contribution is -0.130. The van der Waals surface area contributed by atoms with Gasteiger partial charge in [0.15, 0.2) is 5.96 Å². The van der Waals surface area contributed by atoms with E-state index < -0.39 is 0 Å². The van der Waals surface area contributed by atoms with E-state index in [4.69, 9.17) is 0 Å². The summed E-state index contributed by atoms with van der Waals surface area (Å²) in [5.41, 5.74) is 2.07. The fraction of sp³-hybridized carbons (Fsp3) is 0.526. The molecule has 0 fully saturated rings. The lowest BCUT2D eigenvalue weighted by atomic mass is 10.3. The summed E-state index contributed by atoms with van der Waals surface area (Å²) in [6, 6.07) is 8.05. The van der Waals surface area contributed by atoms with Gasteiger partial charge in [0, 0.05) is 39.6 Å². The first kappa shape index (κ1) is 23.2. The van der Waals surface area contributed by atoms with Crippen LogP contribution in [0.25, 0.3) is 11.0 Å². The quantitative estimate of drug-likeness (QED) is 0.342. The Balaban J connectivity index is 0.00000364. The number of halogens is 1. The maximum absolute atomic E-state index is 12.1. The van der Waals surface area contributed by atoms with E-state index in [1.165, 1.54) is 0 Å². The minimum absolute atomic E-state index is 0. The van der Waals surface area contributed by atoms with Crippen LogP contribution in [0.1, 0.15) is 33.0 Å². The third kappa shape index (κ3) is 6.37. The van der Waals surface area contributed by atoms with E-state index in [2.05, 4.69) is 31.2 Å². The summed E-state index contributed by atoms with van der Waals surface area (Å²) in [6.07, 6.45) is 0.457. The SMILES string of the molecule is CCNC(=NCc1nc2ccccc2n1C)NCCC(=O)N(CC)CC.I. The van der Waals surface area contributed by atoms with E-state index in [1.807, 2.05) is 50.9 Å². The van der Waals surface area contributed by atoms with Crippen LogP contribution in [0.3, 0.4) is 0 Å². The number of aryl methyl sites for hydroxylation is 1. The maximum atomic E-state index is 12.1. The first-order valence-electron chi connectivity index (χ1n) is 9.30. The Hall–Kier alpha value is -1.84. The molecule has 0 radical (unpaired) electrons. The van der Waals surface area contributed by atoms with Crippen molar-refractivity contribution in [3.63, 3.8) is 0 Å². The summed E-state index contributed by atoms with van der Waals surface area (Å²) >= 11 is 0. The number of hydrogen-bond acceptors (Lipinski definition) is 3. The van der Waals surface area contributed by atoms with Gasteiger partial charge in [0.2, 0.25) is 5.91 Å². The van der Waals surface area contributed by atoms with Gasteiger partial charge in [0.25, 0.3) is 0 Å². The second-order valence-electron chi connectivity index (χ2n) is 6.01. The minimum atomic E-state index is 0. The molecule has 1 amide bonds. The van der Waals surface area contributed by atoms with Crippen molar-refractivity contribution in [1.29, 1.82) is 0 Å². The van der Waals surface area contributed by atoms with Gasteiger partial charge in [-0.25, -0.2) is 9.98 Å². The van der Waals surface area contributed by atoms with Crippen molar-refractivity contribution in [1.82, 2.24) is 25.1 Å². The van der Waals surface area contributed by atoms with Crippen LogP contribution in [0.15, 0.2) is 29.3 Å². The number of rotatable bonds is 8. The third-order valence-corrected chi connectivity index (χ3v) is 4.35. The number of aromatic nitrogens is 2. The zero-order chi connectivity index (χ0) is 18.9. The Morgan fingerprint density at radius 1 is 1.19 bits per heavy atom. The molecular formula is C19H31IN6O. The number of benzene rings is 1. The summed E-state index contributed by atoms with van der Waals surface area (Å²) in [4.78, 5) is 23.2. The Bertz CT molecular complexity index is 754. The largest absolute Gasteiger partial charge is 0.357 e. The second kappa shape index (κ2) is 11.8. The van der Waals surface area contributed by atoms with Gasteiger partial charge < -0.3 is 20.1 Å². The van der Waals surface area contributed by atoms with Gasteiger partial charge in [-0.1, -0.05) is 12.1 Å². The molecule has 0 unspecified atom stereocenters. The third-order valence-electron chi connectivity index (χ3n) is 4.35. The van der Waals surface area contributed by atoms with Gasteiger partial charge in [0.1, 0.15) is 12.4 Å². The van der Waals surface area contributed by atoms with Crippen molar-refractivity contribution in [2.24, 2.45) is 12.0 Å². The molecule has 27 heavy (non-hydrogen) atoms. The molecule has 0 aliphatic rings. The number of fused-ring (bicyclic) bond motifs is 1. The van der Waals surface area contributed by atoms with E-state index in [-0.39, 0.29) is 29.9 Å². The Morgan fingerprint density at radius 3 is 2.52 bits per heavy atom. The standard InChI is InChI=1S/C19H30N6O.HI/c1-5-20-19(21-13-12-18(26)25(6-2)7-3)22-14-17-23-15-10-8-9-11-16(15)24(17)4;/h8-11H,5-7,12-14H2,1-4H3,(H2,20,21,22);1H. The molecule has 0 saturated carbocycles. The number of hydrogen-bond donors (Lipinski definition) is 2. The molecule has 2 aromatic rings. The van der Waals surface area contributed by atoms with Gasteiger partial charge in [-0.3, -0.25) is 4.79 Å². The molecule has 0 bridgehead atoms. The molecule has 0 spiro atoms. The number of carbonyl (C=O) groups excluding carboxylic acids is 1. The van der Waals surface area contributed by atoms with E-state index in [0.717, 1.165) is 36.5 Å². The Kier molecular flexibility index (Phi) is 10.1. The van der Waals surface area contributed by atoms with Gasteiger partial charge in [-0.15, -0.1) is 24.0 Å². The zero-order valence-electron chi connectivity index (χ0n) is 16.7. The normalized spacial score (nSPS) is 11.2. The summed E-state index contributed by atoms with van der Waals surface area (Å²) in [5.74, 6) is 1.77. The molecule has 0 atom stereocenters. The van der Waals surface area contributed by atoms with Crippen LogP contribution in [-0.2, 0) is 18.4 Å². The van der Waals surface area contributed by atoms with Gasteiger partial charge in [-0.05, 0) is 32.9 Å². The predicted octanol–water partition coefficient (Wildman–Crippen LogP) is 2.50. The van der Waals surface area contributed by atoms with E-state index in [1.54, 1.807) is 0 Å². The average molecular weight is 486 g/mol. The molecule has 1 aromatic heterocycles. The maximum Gasteiger partial charge on any atom is 0.224 e. The molecule has 0 aliphatic heterocycles. The fourth-order valence-corrected chi connectivity index (χ4v) is 2.85. The average Bonchev–Trinajstić information content (AvgIpc) is 2.97. The number of imidazole rings is 1. The number of nitrogens with zero attached hydrogens (tertiary/aromatic N) is 4. The predicted molar refractivity (Wildman–Crippen MR) is 121 cm³/mol. The molecular weight excluding hydrogens is 455 g/mol. The van der Waals surface area contributed by atoms with Crippen LogP contribution in [0.5, 0.6) is 0 Å². The van der Waals surface area contributed by atoms with Gasteiger partial charge >= 0.3 is 0 Å². The highest BCUT2D eigenvalue weighted by molar-refractivity contribution is 14.0. The minimum Gasteiger partial charge on any atom is -0.357 e. The van der Waals surface area contributed by atoms with Gasteiger partial charge in [0.05, 0.1) is 11.0 Å². The van der Waals surface area contributed by atoms with Crippen LogP contribution in [0, 0.1) is 0 Å². The number of nitrogens with one attached hydrogen (secondary N) is 2. The van der Waals surface area contributed by atoms with Crippen LogP contribution in [0.4, 0.5) is 0 Å². The molecule has 7 nitrogen and oxygen atoms in total. The monoisotopic (exact) mass is 486 g/mol. The van der Waals surface area contributed by atoms with Crippen LogP contribution in [0.2, 0.25) is 0 Å². The second-order valence-corrected chi connectivity index (χ2v) is 6.01. The lowest BCUT2D eigenvalue weighted by Crippen LogP contribution is -2.40. The van der Waals surface area contributed by atoms with Crippen molar-refractivity contribution >= 4 is 46.9 Å². The van der Waals surface area contributed by atoms with Crippen LogP contribution < -0.4 is 10.6 Å². The van der Waals surface area contributed by atoms with Crippen LogP contribution >= 0.6 is 24.0 Å². The highest BCUT2D eigenvalue weighted by atomic mass is 127. The Labute approximate surface area is 178 Å². The topological polar surface area (TPSA) is 74.5 Å². The molecule has 8 heteroatoms. The summed E-state index contributed by atoms with van der Waals surface area (Å²) in [7, 11) is 2.00. The number of para-hydroxylation sites is 2. The molecule has 1 heterocycles. The number of aliphatic imine (C=N–C) groups is 1. The molecule has 2 N–H and O–H groups in total. The smallest absolute Gasteiger partial charge is 0.224 e. The van der Waals surface area contributed by atoms with E-state index >= 15 is 0 Å². The first-order chi connectivity index (χ1) is 12.6. The van der Waals surface area contributed by atoms with Gasteiger partial charge in [-0.2, -0.15) is 0 Å². The molecule has 0 saturated heterocycles. The van der Waals surface area contributed by atoms with Crippen molar-refractivity contribution in [2.45, 2.75) is 33.7 Å². The van der Waals surface area contributed by atoms with E-state index in [0.29, 0.717) is 25.5 Å². The van der Waals surface area contributed by atoms with Crippen molar-refractivity contribution < 1.29 is 4.79 Å². The number of guanidine groups is 1. The fourth-order valence-electron chi connectivity index (χ4n) is 2.85. The van der Waals surface area contributed by atoms with Crippen molar-refractivity contribution in [3.8, 4) is 0 Å². The summed E-state index contributed by atoms with van der Waals surface area (Å²) < 4.78 is 2.06. The first-order valence-corrected chi connectivity index (χ1v) is 9.30. The van der Waals surface area contributed by atoms with Crippen molar-refractivity contribution in [3.05, 3.63) is 30.1 Å². The summed E-state index contributed by atoms with van der Waals surface area (Å²) in [5, 5.41) is 6.45. The molecule has 1 aromatic carbocycles. The highest BCUT2D eigenvalue weighted by Gasteiger charge is 2.10. The lowest BCUT2D eigenvalue weighted by Gasteiger charge is -2.19. The van der Waals surface area contributed by atoms with Crippen LogP contribution in [-0.4, -0.2) is 52.5 Å². The molecule has 150 valence electrons. The Morgan fingerprint density at radius 2 is 1.89 bits per heavy atom. The molecule has 0 aliphatic carbocycles. The van der Waals surface area contributed by atoms with Crippen molar-refractivity contribution in [2.75, 3.05) is 26.2 Å². The summed E-state index contributed by atoms with van der Waals surface area (Å²) in [6.45, 7) is 9.31. The highest BCUT2D eigenvalue weighted by Crippen LogP contribution is 2.14. The molecule has 2 rings (SSSR count). The zero-order valence-corrected chi connectivity index (χ0v) is 19.0. The number of amides is 1. The number of carbonyl (C=O) groups is 1.